The van der Waals surface area contributed by atoms with Gasteiger partial charge >= 0.3 is 12.1 Å². The van der Waals surface area contributed by atoms with Crippen molar-refractivity contribution < 1.29 is 27.5 Å². The van der Waals surface area contributed by atoms with Crippen LogP contribution in [0.3, 0.4) is 0 Å². The number of carbonyl (C=O) groups is 2. The van der Waals surface area contributed by atoms with Crippen molar-refractivity contribution in [1.82, 2.24) is 19.6 Å². The maximum Gasteiger partial charge on any atom is 0.417 e. The molecule has 0 saturated carbocycles. The van der Waals surface area contributed by atoms with Crippen LogP contribution in [0.5, 0.6) is 0 Å². The third-order valence-corrected chi connectivity index (χ3v) is 5.01. The number of carbonyl (C=O) groups excluding carboxylic acids is 2. The van der Waals surface area contributed by atoms with Gasteiger partial charge in [0.1, 0.15) is 5.82 Å². The van der Waals surface area contributed by atoms with E-state index in [2.05, 4.69) is 15.5 Å². The van der Waals surface area contributed by atoms with Crippen LogP contribution in [-0.4, -0.2) is 38.0 Å². The highest BCUT2D eigenvalue weighted by Gasteiger charge is 2.34. The van der Waals surface area contributed by atoms with Crippen LogP contribution in [0, 0.1) is 0 Å². The number of hydrogen-bond acceptors (Lipinski definition) is 5. The molecule has 0 saturated heterocycles. The molecule has 0 unspecified atom stereocenters. The quantitative estimate of drug-likeness (QED) is 0.401. The van der Waals surface area contributed by atoms with Gasteiger partial charge in [0, 0.05) is 30.4 Å². The summed E-state index contributed by atoms with van der Waals surface area (Å²) < 4.78 is 48.5. The number of para-hydroxylation sites is 1. The molecule has 35 heavy (non-hydrogen) atoms. The molecule has 2 aromatic carbocycles. The Hall–Kier alpha value is -4.41. The number of esters is 1. The van der Waals surface area contributed by atoms with E-state index >= 15 is 0 Å². The summed E-state index contributed by atoms with van der Waals surface area (Å²) in [6.07, 6.45) is -3.13. The third kappa shape index (κ3) is 5.08. The predicted octanol–water partition coefficient (Wildman–Crippen LogP) is 4.72. The van der Waals surface area contributed by atoms with Gasteiger partial charge in [-0.05, 0) is 43.3 Å². The van der Waals surface area contributed by atoms with Crippen molar-refractivity contribution in [2.24, 2.45) is 7.05 Å². The first-order chi connectivity index (χ1) is 16.7. The molecule has 180 valence electrons. The minimum Gasteiger partial charge on any atom is -0.461 e. The zero-order valence-electron chi connectivity index (χ0n) is 18.7. The summed E-state index contributed by atoms with van der Waals surface area (Å²) in [6.45, 7) is 1.79. The summed E-state index contributed by atoms with van der Waals surface area (Å²) >= 11 is 0. The molecule has 0 aliphatic rings. The fourth-order valence-corrected chi connectivity index (χ4v) is 3.43. The fourth-order valence-electron chi connectivity index (χ4n) is 3.43. The fraction of sp³-hybridized carbons (Fsp3) is 0.167. The average Bonchev–Trinajstić information content (AvgIpc) is 3.45. The van der Waals surface area contributed by atoms with E-state index in [1.54, 1.807) is 44.3 Å². The molecule has 4 aromatic rings. The molecule has 1 amide bonds. The minimum atomic E-state index is -4.64. The van der Waals surface area contributed by atoms with Crippen molar-refractivity contribution in [3.63, 3.8) is 0 Å². The van der Waals surface area contributed by atoms with E-state index < -0.39 is 23.6 Å². The summed E-state index contributed by atoms with van der Waals surface area (Å²) in [6, 6.07) is 14.6. The maximum absolute atomic E-state index is 13.6. The monoisotopic (exact) mass is 483 g/mol. The number of ether oxygens (including phenoxy) is 1. The lowest BCUT2D eigenvalue weighted by atomic mass is 10.0. The Labute approximate surface area is 197 Å². The summed E-state index contributed by atoms with van der Waals surface area (Å²) in [5, 5.41) is 10.9. The molecule has 0 spiro atoms. The Bertz CT molecular complexity index is 1380. The Morgan fingerprint density at radius 3 is 2.40 bits per heavy atom. The van der Waals surface area contributed by atoms with Gasteiger partial charge in [0.05, 0.1) is 23.6 Å². The van der Waals surface area contributed by atoms with Crippen molar-refractivity contribution in [2.45, 2.75) is 13.1 Å². The number of anilines is 1. The van der Waals surface area contributed by atoms with Gasteiger partial charge < -0.3 is 10.1 Å². The molecule has 8 nitrogen and oxygen atoms in total. The standard InChI is InChI=1S/C24H20F3N5O3/c1-3-35-23(34)20-14-21(32(30-20)16-7-5-4-6-8-16)28-22(33)15-9-10-18(24(25,26)27)17(13-15)19-11-12-31(2)29-19/h4-14H,3H2,1-2H3,(H,28,33). The van der Waals surface area contributed by atoms with E-state index in [9.17, 15) is 22.8 Å². The van der Waals surface area contributed by atoms with Gasteiger partial charge in [0.25, 0.3) is 5.91 Å². The zero-order chi connectivity index (χ0) is 25.2. The predicted molar refractivity (Wildman–Crippen MR) is 121 cm³/mol. The summed E-state index contributed by atoms with van der Waals surface area (Å²) in [4.78, 5) is 25.3. The third-order valence-electron chi connectivity index (χ3n) is 5.01. The highest BCUT2D eigenvalue weighted by molar-refractivity contribution is 6.05. The van der Waals surface area contributed by atoms with E-state index in [-0.39, 0.29) is 34.9 Å². The average molecular weight is 483 g/mol. The molecular weight excluding hydrogens is 463 g/mol. The number of nitrogens with one attached hydrogen (secondary N) is 1. The lowest BCUT2D eigenvalue weighted by molar-refractivity contribution is -0.137. The second kappa shape index (κ2) is 9.45. The number of benzene rings is 2. The van der Waals surface area contributed by atoms with Gasteiger partial charge in [0.2, 0.25) is 0 Å². The normalized spacial score (nSPS) is 11.3. The summed E-state index contributed by atoms with van der Waals surface area (Å²) in [5.74, 6) is -1.23. The Balaban J connectivity index is 1.72. The molecule has 0 aliphatic heterocycles. The van der Waals surface area contributed by atoms with E-state index in [4.69, 9.17) is 4.74 Å². The number of nitrogens with zero attached hydrogens (tertiary/aromatic N) is 4. The van der Waals surface area contributed by atoms with Gasteiger partial charge in [-0.2, -0.15) is 23.4 Å². The first-order valence-corrected chi connectivity index (χ1v) is 10.5. The van der Waals surface area contributed by atoms with Crippen molar-refractivity contribution in [3.05, 3.63) is 83.7 Å². The highest BCUT2D eigenvalue weighted by atomic mass is 19.4. The highest BCUT2D eigenvalue weighted by Crippen LogP contribution is 2.37. The second-order valence-electron chi connectivity index (χ2n) is 7.47. The molecule has 11 heteroatoms. The van der Waals surface area contributed by atoms with Gasteiger partial charge in [0.15, 0.2) is 5.69 Å². The van der Waals surface area contributed by atoms with Gasteiger partial charge in [-0.25, -0.2) is 9.48 Å². The van der Waals surface area contributed by atoms with Crippen molar-refractivity contribution in [3.8, 4) is 16.9 Å². The largest absolute Gasteiger partial charge is 0.461 e. The first kappa shape index (κ1) is 23.7. The lowest BCUT2D eigenvalue weighted by Gasteiger charge is -2.14. The molecular formula is C24H20F3N5O3. The van der Waals surface area contributed by atoms with Crippen LogP contribution in [0.4, 0.5) is 19.0 Å². The minimum absolute atomic E-state index is 0.0304. The summed E-state index contributed by atoms with van der Waals surface area (Å²) in [5.41, 5.74) is -0.570. The van der Waals surface area contributed by atoms with Gasteiger partial charge in [-0.3, -0.25) is 9.48 Å². The van der Waals surface area contributed by atoms with Crippen LogP contribution in [0.1, 0.15) is 33.3 Å². The summed E-state index contributed by atoms with van der Waals surface area (Å²) in [7, 11) is 1.58. The molecule has 0 radical (unpaired) electrons. The number of aryl methyl sites for hydroxylation is 1. The number of hydrogen-bond donors (Lipinski definition) is 1. The van der Waals surface area contributed by atoms with Gasteiger partial charge in [-0.15, -0.1) is 0 Å². The van der Waals surface area contributed by atoms with Crippen LogP contribution in [-0.2, 0) is 18.0 Å². The number of amides is 1. The molecule has 0 bridgehead atoms. The van der Waals surface area contributed by atoms with E-state index in [0.29, 0.717) is 5.69 Å². The van der Waals surface area contributed by atoms with Crippen LogP contribution in [0.2, 0.25) is 0 Å². The van der Waals surface area contributed by atoms with Crippen LogP contribution >= 0.6 is 0 Å². The van der Waals surface area contributed by atoms with E-state index in [1.807, 2.05) is 0 Å². The SMILES string of the molecule is CCOC(=O)c1cc(NC(=O)c2ccc(C(F)(F)F)c(-c3ccn(C)n3)c2)n(-c2ccccc2)n1. The lowest BCUT2D eigenvalue weighted by Crippen LogP contribution is -2.16. The van der Waals surface area contributed by atoms with Crippen molar-refractivity contribution >= 4 is 17.7 Å². The maximum atomic E-state index is 13.6. The Morgan fingerprint density at radius 1 is 1.03 bits per heavy atom. The van der Waals surface area contributed by atoms with Crippen molar-refractivity contribution in [1.29, 1.82) is 0 Å². The number of halogens is 3. The number of rotatable bonds is 6. The molecule has 2 aromatic heterocycles. The molecule has 1 N–H and O–H groups in total. The second-order valence-corrected chi connectivity index (χ2v) is 7.47. The number of aromatic nitrogens is 4. The Kier molecular flexibility index (Phi) is 6.41. The van der Waals surface area contributed by atoms with Gasteiger partial charge in [-0.1, -0.05) is 18.2 Å². The zero-order valence-corrected chi connectivity index (χ0v) is 18.7. The van der Waals surface area contributed by atoms with E-state index in [0.717, 1.165) is 18.2 Å². The molecule has 0 atom stereocenters. The molecule has 4 rings (SSSR count). The van der Waals surface area contributed by atoms with Crippen LogP contribution < -0.4 is 5.32 Å². The molecule has 2 heterocycles. The molecule has 0 fully saturated rings. The smallest absolute Gasteiger partial charge is 0.417 e. The topological polar surface area (TPSA) is 91.0 Å². The van der Waals surface area contributed by atoms with Crippen molar-refractivity contribution in [2.75, 3.05) is 11.9 Å². The first-order valence-electron chi connectivity index (χ1n) is 10.5. The molecule has 0 aliphatic carbocycles. The van der Waals surface area contributed by atoms with Crippen LogP contribution in [0.25, 0.3) is 16.9 Å². The number of alkyl halides is 3. The Morgan fingerprint density at radius 2 is 1.77 bits per heavy atom. The van der Waals surface area contributed by atoms with E-state index in [1.165, 1.54) is 27.7 Å². The van der Waals surface area contributed by atoms with Crippen LogP contribution in [0.15, 0.2) is 66.9 Å².